The van der Waals surface area contributed by atoms with Crippen LogP contribution in [0.2, 0.25) is 0 Å². The molecule has 0 saturated carbocycles. The normalized spacial score (nSPS) is 14.5. The molecule has 0 unspecified atom stereocenters. The number of nitrogens with zero attached hydrogens (tertiary/aromatic N) is 5. The van der Waals surface area contributed by atoms with Crippen molar-refractivity contribution in [2.75, 3.05) is 43.5 Å². The van der Waals surface area contributed by atoms with E-state index in [1.165, 1.54) is 13.3 Å². The van der Waals surface area contributed by atoms with Crippen LogP contribution in [0.4, 0.5) is 41.1 Å². The van der Waals surface area contributed by atoms with E-state index >= 15 is 0 Å². The van der Waals surface area contributed by atoms with Crippen molar-refractivity contribution >= 4 is 29.2 Å². The van der Waals surface area contributed by atoms with Crippen molar-refractivity contribution in [2.45, 2.75) is 32.5 Å². The Morgan fingerprint density at radius 3 is 2.37 bits per heavy atom. The number of piperazine rings is 1. The number of ether oxygens (including phenoxy) is 2. The number of carbonyl (C=O) groups is 1. The first-order valence-corrected chi connectivity index (χ1v) is 10.5. The Morgan fingerprint density at radius 2 is 1.83 bits per heavy atom. The molecule has 0 radical (unpaired) electrons. The minimum atomic E-state index is -4.92. The van der Waals surface area contributed by atoms with E-state index in [-0.39, 0.29) is 23.2 Å². The maximum Gasteiger partial charge on any atom is 0.423 e. The number of nitrogens with one attached hydrogen (secondary N) is 1. The minimum absolute atomic E-state index is 0.0689. The van der Waals surface area contributed by atoms with Gasteiger partial charge in [0.25, 0.3) is 5.69 Å². The maximum absolute atomic E-state index is 13.3. The van der Waals surface area contributed by atoms with Gasteiger partial charge in [-0.25, -0.2) is 9.78 Å². The Bertz CT molecular complexity index is 1100. The van der Waals surface area contributed by atoms with Crippen LogP contribution in [0.5, 0.6) is 5.75 Å². The number of amides is 1. The number of aromatic nitrogens is 2. The molecule has 190 valence electrons. The fraction of sp³-hybridized carbons (Fsp3) is 0.476. The lowest BCUT2D eigenvalue weighted by Gasteiger charge is -2.35. The molecule has 0 aliphatic carbocycles. The zero-order valence-corrected chi connectivity index (χ0v) is 19.5. The van der Waals surface area contributed by atoms with Gasteiger partial charge >= 0.3 is 12.3 Å². The molecular weight excluding hydrogens is 473 g/mol. The second-order valence-electron chi connectivity index (χ2n) is 8.65. The van der Waals surface area contributed by atoms with Crippen LogP contribution in [0.1, 0.15) is 26.3 Å². The van der Waals surface area contributed by atoms with Gasteiger partial charge in [0.05, 0.1) is 18.2 Å². The summed E-state index contributed by atoms with van der Waals surface area (Å²) in [5.41, 5.74) is -3.13. The van der Waals surface area contributed by atoms with E-state index in [1.807, 2.05) is 4.90 Å². The molecule has 11 nitrogen and oxygen atoms in total. The number of nitro benzene ring substituents is 1. The molecule has 1 aromatic heterocycles. The Hall–Kier alpha value is -3.84. The zero-order chi connectivity index (χ0) is 26.0. The number of hydrogen-bond acceptors (Lipinski definition) is 9. The number of alkyl halides is 3. The number of benzene rings is 1. The zero-order valence-electron chi connectivity index (χ0n) is 19.5. The van der Waals surface area contributed by atoms with Crippen LogP contribution < -0.4 is 15.0 Å². The molecule has 1 fully saturated rings. The third-order valence-electron chi connectivity index (χ3n) is 4.94. The highest BCUT2D eigenvalue weighted by molar-refractivity contribution is 5.69. The van der Waals surface area contributed by atoms with E-state index in [0.29, 0.717) is 32.2 Å². The first-order chi connectivity index (χ1) is 16.3. The van der Waals surface area contributed by atoms with Crippen LogP contribution in [-0.2, 0) is 10.9 Å². The van der Waals surface area contributed by atoms with Gasteiger partial charge in [-0.2, -0.15) is 18.2 Å². The molecule has 3 rings (SSSR count). The van der Waals surface area contributed by atoms with Crippen LogP contribution in [0.25, 0.3) is 0 Å². The van der Waals surface area contributed by atoms with Gasteiger partial charge in [0.1, 0.15) is 11.2 Å². The summed E-state index contributed by atoms with van der Waals surface area (Å²) in [6.07, 6.45) is -3.98. The molecule has 0 atom stereocenters. The molecule has 35 heavy (non-hydrogen) atoms. The number of hydrogen-bond donors (Lipinski definition) is 1. The lowest BCUT2D eigenvalue weighted by molar-refractivity contribution is -0.388. The van der Waals surface area contributed by atoms with Crippen molar-refractivity contribution in [1.82, 2.24) is 14.9 Å². The summed E-state index contributed by atoms with van der Waals surface area (Å²) in [5, 5.41) is 13.7. The Balaban J connectivity index is 1.79. The number of halogens is 3. The average Bonchev–Trinajstić information content (AvgIpc) is 2.77. The van der Waals surface area contributed by atoms with Crippen molar-refractivity contribution in [1.29, 1.82) is 0 Å². The van der Waals surface area contributed by atoms with E-state index in [9.17, 15) is 28.1 Å². The summed E-state index contributed by atoms with van der Waals surface area (Å²) in [6, 6.07) is 2.56. The Labute approximate surface area is 199 Å². The molecule has 2 aromatic rings. The second-order valence-corrected chi connectivity index (χ2v) is 8.65. The van der Waals surface area contributed by atoms with E-state index in [1.54, 1.807) is 25.7 Å². The summed E-state index contributed by atoms with van der Waals surface area (Å²) < 4.78 is 50.6. The van der Waals surface area contributed by atoms with Gasteiger partial charge in [-0.3, -0.25) is 10.1 Å². The number of carbonyl (C=O) groups excluding carboxylic acids is 1. The van der Waals surface area contributed by atoms with Crippen molar-refractivity contribution in [3.8, 4) is 5.75 Å². The molecular formula is C21H25F3N6O5. The summed E-state index contributed by atoms with van der Waals surface area (Å²) in [4.78, 5) is 34.2. The first-order valence-electron chi connectivity index (χ1n) is 10.5. The van der Waals surface area contributed by atoms with Gasteiger partial charge in [0.2, 0.25) is 5.95 Å². The highest BCUT2D eigenvalue weighted by Gasteiger charge is 2.38. The third-order valence-corrected chi connectivity index (χ3v) is 4.94. The lowest BCUT2D eigenvalue weighted by Crippen LogP contribution is -2.50. The van der Waals surface area contributed by atoms with E-state index < -0.39 is 34.0 Å². The first kappa shape index (κ1) is 25.8. The third kappa shape index (κ3) is 6.39. The standard InChI is InChI=1S/C21H25F3N6O5/c1-20(2,3)35-19(31)29-9-7-28(8-10-29)18-25-12-16(34-4)17(27-18)26-13-5-6-15(30(32)33)14(11-13)21(22,23)24/h5-6,11-12H,7-10H2,1-4H3,(H,25,26,27). The predicted octanol–water partition coefficient (Wildman–Crippen LogP) is 4.21. The largest absolute Gasteiger partial charge is 0.491 e. The number of nitro groups is 1. The average molecular weight is 498 g/mol. The highest BCUT2D eigenvalue weighted by atomic mass is 19.4. The summed E-state index contributed by atoms with van der Waals surface area (Å²) in [7, 11) is 1.35. The fourth-order valence-corrected chi connectivity index (χ4v) is 3.31. The minimum Gasteiger partial charge on any atom is -0.491 e. The Kier molecular flexibility index (Phi) is 7.22. The van der Waals surface area contributed by atoms with Crippen LogP contribution in [0.3, 0.4) is 0 Å². The van der Waals surface area contributed by atoms with Crippen molar-refractivity contribution in [2.24, 2.45) is 0 Å². The Morgan fingerprint density at radius 1 is 1.17 bits per heavy atom. The van der Waals surface area contributed by atoms with Crippen LogP contribution >= 0.6 is 0 Å². The van der Waals surface area contributed by atoms with E-state index in [0.717, 1.165) is 12.1 Å². The van der Waals surface area contributed by atoms with Crippen molar-refractivity contribution < 1.29 is 32.4 Å². The smallest absolute Gasteiger partial charge is 0.423 e. The number of rotatable bonds is 5. The van der Waals surface area contributed by atoms with Gasteiger partial charge in [0.15, 0.2) is 11.6 Å². The number of anilines is 3. The summed E-state index contributed by atoms with van der Waals surface area (Å²) >= 11 is 0. The van der Waals surface area contributed by atoms with Gasteiger partial charge < -0.3 is 24.6 Å². The molecule has 1 amide bonds. The summed E-state index contributed by atoms with van der Waals surface area (Å²) in [6.45, 7) is 6.88. The molecule has 1 aliphatic heterocycles. The quantitative estimate of drug-likeness (QED) is 0.477. The van der Waals surface area contributed by atoms with E-state index in [2.05, 4.69) is 15.3 Å². The SMILES string of the molecule is COc1cnc(N2CCN(C(=O)OC(C)(C)C)CC2)nc1Nc1ccc([N+](=O)[O-])c(C(F)(F)F)c1. The fourth-order valence-electron chi connectivity index (χ4n) is 3.31. The molecule has 2 heterocycles. The monoisotopic (exact) mass is 498 g/mol. The van der Waals surface area contributed by atoms with Crippen LogP contribution in [0, 0.1) is 10.1 Å². The lowest BCUT2D eigenvalue weighted by atomic mass is 10.1. The maximum atomic E-state index is 13.3. The molecule has 0 bridgehead atoms. The predicted molar refractivity (Wildman–Crippen MR) is 120 cm³/mol. The van der Waals surface area contributed by atoms with Gasteiger partial charge in [-0.1, -0.05) is 0 Å². The summed E-state index contributed by atoms with van der Waals surface area (Å²) in [5.74, 6) is 0.511. The van der Waals surface area contributed by atoms with Crippen molar-refractivity contribution in [3.05, 3.63) is 40.1 Å². The number of methoxy groups -OCH3 is 1. The van der Waals surface area contributed by atoms with Gasteiger partial charge in [-0.05, 0) is 32.9 Å². The van der Waals surface area contributed by atoms with Gasteiger partial charge in [-0.15, -0.1) is 0 Å². The van der Waals surface area contributed by atoms with Gasteiger partial charge in [0, 0.05) is 37.9 Å². The van der Waals surface area contributed by atoms with Crippen LogP contribution in [-0.4, -0.2) is 64.8 Å². The molecule has 0 spiro atoms. The molecule has 1 aromatic carbocycles. The highest BCUT2D eigenvalue weighted by Crippen LogP contribution is 2.38. The molecule has 14 heteroatoms. The topological polar surface area (TPSA) is 123 Å². The molecule has 1 N–H and O–H groups in total. The van der Waals surface area contributed by atoms with E-state index in [4.69, 9.17) is 9.47 Å². The molecule has 1 aliphatic rings. The molecule has 1 saturated heterocycles. The van der Waals surface area contributed by atoms with Crippen molar-refractivity contribution in [3.63, 3.8) is 0 Å². The second kappa shape index (κ2) is 9.80. The van der Waals surface area contributed by atoms with Crippen LogP contribution in [0.15, 0.2) is 24.4 Å².